The third-order valence-electron chi connectivity index (χ3n) is 6.15. The van der Waals surface area contributed by atoms with E-state index in [0.717, 1.165) is 11.1 Å². The van der Waals surface area contributed by atoms with E-state index in [0.29, 0.717) is 33.5 Å². The molecule has 10 nitrogen and oxygen atoms in total. The highest BCUT2D eigenvalue weighted by Gasteiger charge is 2.41. The minimum absolute atomic E-state index is 0.221. The molecule has 0 aliphatic carbocycles. The van der Waals surface area contributed by atoms with Gasteiger partial charge in [0, 0.05) is 35.9 Å². The molecule has 210 valence electrons. The van der Waals surface area contributed by atoms with Gasteiger partial charge in [0.25, 0.3) is 0 Å². The topological polar surface area (TPSA) is 127 Å². The van der Waals surface area contributed by atoms with Crippen LogP contribution < -0.4 is 10.6 Å². The minimum atomic E-state index is -4.58. The highest BCUT2D eigenvalue weighted by molar-refractivity contribution is 6.31. The number of pyridine rings is 1. The molecule has 3 N–H and O–H groups in total. The number of aryl methyl sites for hydroxylation is 1. The Morgan fingerprint density at radius 2 is 2.02 bits per heavy atom. The molecule has 0 saturated carbocycles. The van der Waals surface area contributed by atoms with Crippen LogP contribution in [0.5, 0.6) is 0 Å². The molecule has 0 bridgehead atoms. The Balaban J connectivity index is 1.49. The van der Waals surface area contributed by atoms with E-state index in [1.165, 1.54) is 23.3 Å². The first-order valence-corrected chi connectivity index (χ1v) is 12.8. The number of amides is 1. The van der Waals surface area contributed by atoms with Crippen LogP contribution in [0.15, 0.2) is 43.0 Å². The lowest BCUT2D eigenvalue weighted by Gasteiger charge is -2.17. The Bertz CT molecular complexity index is 1570. The average Bonchev–Trinajstić information content (AvgIpc) is 3.50. The van der Waals surface area contributed by atoms with Gasteiger partial charge >= 0.3 is 6.18 Å². The number of aromatic nitrogens is 5. The van der Waals surface area contributed by atoms with Crippen LogP contribution in [-0.2, 0) is 16.1 Å². The summed E-state index contributed by atoms with van der Waals surface area (Å²) in [4.78, 5) is 30.0. The third-order valence-corrected chi connectivity index (χ3v) is 6.73. The second kappa shape index (κ2) is 11.2. The summed E-state index contributed by atoms with van der Waals surface area (Å²) in [6.07, 6.45) is -4.15. The van der Waals surface area contributed by atoms with E-state index in [1.807, 2.05) is 19.1 Å². The highest BCUT2D eigenvalue weighted by Crippen LogP contribution is 2.34. The van der Waals surface area contributed by atoms with E-state index in [1.54, 1.807) is 17.4 Å². The number of imidazole rings is 1. The van der Waals surface area contributed by atoms with E-state index in [4.69, 9.17) is 27.9 Å². The van der Waals surface area contributed by atoms with Gasteiger partial charge in [-0.15, -0.1) is 0 Å². The number of anilines is 1. The van der Waals surface area contributed by atoms with Gasteiger partial charge in [-0.2, -0.15) is 13.2 Å². The molecule has 1 aromatic carbocycles. The quantitative estimate of drug-likeness (QED) is 0.286. The predicted octanol–water partition coefficient (Wildman–Crippen LogP) is 4.44. The number of fused-ring (bicyclic) bond motifs is 1. The summed E-state index contributed by atoms with van der Waals surface area (Å²) in [6, 6.07) is 7.24. The van der Waals surface area contributed by atoms with Crippen molar-refractivity contribution in [1.29, 1.82) is 0 Å². The van der Waals surface area contributed by atoms with Crippen LogP contribution in [0.3, 0.4) is 0 Å². The van der Waals surface area contributed by atoms with Gasteiger partial charge in [0.05, 0.1) is 11.3 Å². The molecule has 1 fully saturated rings. The number of benzene rings is 1. The maximum atomic E-state index is 12.6. The zero-order chi connectivity index (χ0) is 28.6. The number of nitrogens with zero attached hydrogens (tertiary/aromatic N) is 5. The van der Waals surface area contributed by atoms with Crippen molar-refractivity contribution in [2.75, 3.05) is 11.9 Å². The van der Waals surface area contributed by atoms with Crippen molar-refractivity contribution in [2.24, 2.45) is 0 Å². The maximum absolute atomic E-state index is 12.6. The summed E-state index contributed by atoms with van der Waals surface area (Å²) in [6.45, 7) is 0.736. The number of hydrogen-bond donors (Lipinski definition) is 3. The third kappa shape index (κ3) is 6.12. The molecular weight excluding hydrogens is 574 g/mol. The van der Waals surface area contributed by atoms with Gasteiger partial charge in [0.15, 0.2) is 29.0 Å². The number of ether oxygens (including phenoxy) is 1. The lowest BCUT2D eigenvalue weighted by atomic mass is 10.1. The molecule has 4 aromatic rings. The molecule has 15 heteroatoms. The smallest absolute Gasteiger partial charge is 0.388 e. The van der Waals surface area contributed by atoms with Gasteiger partial charge in [0.1, 0.15) is 18.8 Å². The predicted molar refractivity (Wildman–Crippen MR) is 141 cm³/mol. The summed E-state index contributed by atoms with van der Waals surface area (Å²) in [7, 11) is 0. The molecule has 0 unspecified atom stereocenters. The van der Waals surface area contributed by atoms with Crippen LogP contribution in [0.2, 0.25) is 10.0 Å². The normalized spacial score (nSPS) is 19.2. The molecule has 1 saturated heterocycles. The SMILES string of the molecule is Cc1ccc(Cl)c(CNc2nc(-c3cncc(Cl)c3)nc3c2ncn3[C@@H]2O[C@H](C(=O)NCC(F)(F)F)C[C@H]2O)c1. The number of aliphatic hydroxyl groups is 1. The van der Waals surface area contributed by atoms with Gasteiger partial charge in [-0.25, -0.2) is 15.0 Å². The van der Waals surface area contributed by atoms with E-state index < -0.39 is 37.1 Å². The molecule has 5 rings (SSSR count). The number of carbonyl (C=O) groups excluding carboxylic acids is 1. The summed E-state index contributed by atoms with van der Waals surface area (Å²) in [5.74, 6) is -0.418. The number of carbonyl (C=O) groups is 1. The number of aliphatic hydroxyl groups excluding tert-OH is 1. The van der Waals surface area contributed by atoms with Crippen molar-refractivity contribution < 1.29 is 27.8 Å². The Morgan fingerprint density at radius 3 is 2.77 bits per heavy atom. The molecular formula is C25H22Cl2F3N7O3. The summed E-state index contributed by atoms with van der Waals surface area (Å²) in [5.41, 5.74) is 2.90. The van der Waals surface area contributed by atoms with Gasteiger partial charge in [0.2, 0.25) is 5.91 Å². The first-order valence-electron chi connectivity index (χ1n) is 12.0. The van der Waals surface area contributed by atoms with Crippen molar-refractivity contribution in [2.45, 2.75) is 44.5 Å². The first-order chi connectivity index (χ1) is 19.0. The zero-order valence-electron chi connectivity index (χ0n) is 20.8. The lowest BCUT2D eigenvalue weighted by Crippen LogP contribution is -2.40. The number of rotatable bonds is 7. The summed E-state index contributed by atoms with van der Waals surface area (Å²) in [5, 5.41) is 16.6. The van der Waals surface area contributed by atoms with Crippen molar-refractivity contribution in [3.05, 3.63) is 64.2 Å². The fourth-order valence-corrected chi connectivity index (χ4v) is 4.64. The van der Waals surface area contributed by atoms with Crippen molar-refractivity contribution >= 4 is 46.1 Å². The Hall–Kier alpha value is -3.52. The summed E-state index contributed by atoms with van der Waals surface area (Å²) >= 11 is 12.5. The van der Waals surface area contributed by atoms with Crippen LogP contribution in [0.1, 0.15) is 23.8 Å². The molecule has 1 aliphatic heterocycles. The van der Waals surface area contributed by atoms with E-state index in [2.05, 4.69) is 25.3 Å². The molecule has 3 aromatic heterocycles. The largest absolute Gasteiger partial charge is 0.405 e. The molecule has 1 aliphatic rings. The highest BCUT2D eigenvalue weighted by atomic mass is 35.5. The van der Waals surface area contributed by atoms with Crippen molar-refractivity contribution in [1.82, 2.24) is 29.8 Å². The van der Waals surface area contributed by atoms with Crippen molar-refractivity contribution in [3.63, 3.8) is 0 Å². The van der Waals surface area contributed by atoms with E-state index >= 15 is 0 Å². The second-order valence-electron chi connectivity index (χ2n) is 9.21. The van der Waals surface area contributed by atoms with Gasteiger partial charge in [-0.05, 0) is 24.6 Å². The van der Waals surface area contributed by atoms with Crippen LogP contribution in [-0.4, -0.2) is 60.4 Å². The monoisotopic (exact) mass is 595 g/mol. The number of hydrogen-bond acceptors (Lipinski definition) is 8. The van der Waals surface area contributed by atoms with Gasteiger partial charge in [-0.1, -0.05) is 40.9 Å². The molecule has 0 spiro atoms. The lowest BCUT2D eigenvalue weighted by molar-refractivity contribution is -0.146. The molecule has 0 radical (unpaired) electrons. The molecule has 4 heterocycles. The van der Waals surface area contributed by atoms with Gasteiger partial charge < -0.3 is 20.5 Å². The Labute approximate surface area is 235 Å². The van der Waals surface area contributed by atoms with Crippen LogP contribution >= 0.6 is 23.2 Å². The molecule has 3 atom stereocenters. The Morgan fingerprint density at radius 1 is 1.23 bits per heavy atom. The van der Waals surface area contributed by atoms with Crippen LogP contribution in [0, 0.1) is 6.92 Å². The standard InChI is InChI=1S/C25H22Cl2F3N7O3/c1-12-2-3-16(27)13(4-12)8-32-21-19-22(36-20(35-21)14-5-15(26)9-31-7-14)37(11-34-19)24-17(38)6-18(40-24)23(39)33-10-25(28,29)30/h2-5,7,9,11,17-18,24,38H,6,8,10H2,1H3,(H,33,39)(H,32,35,36)/t17-,18+,24-/m1/s1. The van der Waals surface area contributed by atoms with Crippen LogP contribution in [0.4, 0.5) is 19.0 Å². The van der Waals surface area contributed by atoms with E-state index in [9.17, 15) is 23.1 Å². The fourth-order valence-electron chi connectivity index (χ4n) is 4.28. The van der Waals surface area contributed by atoms with E-state index in [-0.39, 0.29) is 17.9 Å². The summed E-state index contributed by atoms with van der Waals surface area (Å²) < 4.78 is 44.7. The van der Waals surface area contributed by atoms with Crippen molar-refractivity contribution in [3.8, 4) is 11.4 Å². The van der Waals surface area contributed by atoms with Crippen LogP contribution in [0.25, 0.3) is 22.6 Å². The fraction of sp³-hybridized carbons (Fsp3) is 0.320. The molecule has 40 heavy (non-hydrogen) atoms. The zero-order valence-corrected chi connectivity index (χ0v) is 22.3. The average molecular weight is 596 g/mol. The number of halogens is 5. The molecule has 1 amide bonds. The first kappa shape index (κ1) is 28.0. The number of alkyl halides is 3. The van der Waals surface area contributed by atoms with Gasteiger partial charge in [-0.3, -0.25) is 14.3 Å². The minimum Gasteiger partial charge on any atom is -0.388 e. The Kier molecular flexibility index (Phi) is 7.82. The maximum Gasteiger partial charge on any atom is 0.405 e. The number of nitrogens with one attached hydrogen (secondary N) is 2. The second-order valence-corrected chi connectivity index (χ2v) is 10.1.